The van der Waals surface area contributed by atoms with Crippen LogP contribution >= 0.6 is 0 Å². The van der Waals surface area contributed by atoms with Gasteiger partial charge in [-0.2, -0.15) is 13.2 Å². The van der Waals surface area contributed by atoms with Crippen LogP contribution in [0.4, 0.5) is 23.7 Å². The van der Waals surface area contributed by atoms with Gasteiger partial charge >= 0.3 is 18.2 Å². The highest BCUT2D eigenvalue weighted by Crippen LogP contribution is 2.29. The van der Waals surface area contributed by atoms with Crippen molar-refractivity contribution in [2.45, 2.75) is 26.9 Å². The molecule has 5 nitrogen and oxygen atoms in total. The van der Waals surface area contributed by atoms with Gasteiger partial charge in [-0.1, -0.05) is 0 Å². The third-order valence-electron chi connectivity index (χ3n) is 2.70. The predicted molar refractivity (Wildman–Crippen MR) is 78.9 cm³/mol. The van der Waals surface area contributed by atoms with E-state index in [0.29, 0.717) is 0 Å². The van der Waals surface area contributed by atoms with Gasteiger partial charge in [-0.3, -0.25) is 4.79 Å². The number of nitrogens with one attached hydrogen (secondary N) is 2. The van der Waals surface area contributed by atoms with Crippen LogP contribution in [-0.4, -0.2) is 25.2 Å². The monoisotopic (exact) mass is 332 g/mol. The molecule has 0 bridgehead atoms. The van der Waals surface area contributed by atoms with E-state index in [0.717, 1.165) is 24.3 Å². The molecular formula is C15H19F3N2O3. The number of amides is 2. The van der Waals surface area contributed by atoms with Gasteiger partial charge in [0.15, 0.2) is 0 Å². The molecule has 0 unspecified atom stereocenters. The molecule has 2 N–H and O–H groups in total. The van der Waals surface area contributed by atoms with Gasteiger partial charge in [-0.25, -0.2) is 4.79 Å². The fraction of sp³-hybridized carbons (Fsp3) is 0.467. The van der Waals surface area contributed by atoms with Gasteiger partial charge in [0.05, 0.1) is 17.5 Å². The average molecular weight is 332 g/mol. The van der Waals surface area contributed by atoms with E-state index in [-0.39, 0.29) is 24.8 Å². The molecule has 0 spiro atoms. The van der Waals surface area contributed by atoms with Gasteiger partial charge in [-0.15, -0.1) is 0 Å². The molecule has 0 saturated carbocycles. The van der Waals surface area contributed by atoms with Crippen molar-refractivity contribution in [3.05, 3.63) is 29.8 Å². The molecule has 0 aliphatic rings. The van der Waals surface area contributed by atoms with Crippen LogP contribution in [0, 0.1) is 5.41 Å². The second kappa shape index (κ2) is 7.34. The molecule has 0 aliphatic heterocycles. The van der Waals surface area contributed by atoms with Crippen LogP contribution in [0.5, 0.6) is 0 Å². The Morgan fingerprint density at radius 1 is 1.09 bits per heavy atom. The highest BCUT2D eigenvalue weighted by atomic mass is 19.4. The molecule has 23 heavy (non-hydrogen) atoms. The van der Waals surface area contributed by atoms with E-state index in [9.17, 15) is 22.8 Å². The molecule has 0 aromatic heterocycles. The Balaban J connectivity index is 2.36. The van der Waals surface area contributed by atoms with Crippen LogP contribution in [0.25, 0.3) is 0 Å². The summed E-state index contributed by atoms with van der Waals surface area (Å²) in [4.78, 5) is 23.0. The minimum Gasteiger partial charge on any atom is -0.463 e. The van der Waals surface area contributed by atoms with Crippen molar-refractivity contribution in [2.24, 2.45) is 5.41 Å². The normalized spacial score (nSPS) is 11.7. The molecule has 1 aromatic carbocycles. The van der Waals surface area contributed by atoms with Gasteiger partial charge in [0, 0.05) is 5.69 Å². The summed E-state index contributed by atoms with van der Waals surface area (Å²) in [6.45, 7) is 5.23. The summed E-state index contributed by atoms with van der Waals surface area (Å²) >= 11 is 0. The number of benzene rings is 1. The van der Waals surface area contributed by atoms with Gasteiger partial charge < -0.3 is 15.4 Å². The lowest BCUT2D eigenvalue weighted by Crippen LogP contribution is -2.33. The minimum absolute atomic E-state index is 0.0105. The van der Waals surface area contributed by atoms with Gasteiger partial charge in [0.1, 0.15) is 6.61 Å². The zero-order chi connectivity index (χ0) is 17.7. The number of anilines is 1. The number of rotatable bonds is 4. The zero-order valence-corrected chi connectivity index (χ0v) is 13.1. The van der Waals surface area contributed by atoms with E-state index < -0.39 is 23.2 Å². The quantitative estimate of drug-likeness (QED) is 0.656. The van der Waals surface area contributed by atoms with E-state index in [1.165, 1.54) is 0 Å². The fourth-order valence-corrected chi connectivity index (χ4v) is 1.44. The highest BCUT2D eigenvalue weighted by molar-refractivity contribution is 5.89. The number of carbonyl (C=O) groups excluding carboxylic acids is 2. The van der Waals surface area contributed by atoms with Crippen LogP contribution < -0.4 is 10.6 Å². The van der Waals surface area contributed by atoms with E-state index in [1.807, 2.05) is 0 Å². The maximum Gasteiger partial charge on any atom is 0.416 e. The molecular weight excluding hydrogens is 313 g/mol. The van der Waals surface area contributed by atoms with Crippen LogP contribution in [0.15, 0.2) is 24.3 Å². The third kappa shape index (κ3) is 6.58. The Bertz CT molecular complexity index is 549. The first-order chi connectivity index (χ1) is 10.5. The lowest BCUT2D eigenvalue weighted by molar-refractivity contribution is -0.152. The van der Waals surface area contributed by atoms with Crippen molar-refractivity contribution in [2.75, 3.05) is 18.5 Å². The fourth-order valence-electron chi connectivity index (χ4n) is 1.44. The maximum absolute atomic E-state index is 12.4. The molecule has 2 amide bonds. The molecule has 128 valence electrons. The van der Waals surface area contributed by atoms with Gasteiger partial charge in [0.2, 0.25) is 0 Å². The average Bonchev–Trinajstić information content (AvgIpc) is 2.42. The third-order valence-corrected chi connectivity index (χ3v) is 2.70. The van der Waals surface area contributed by atoms with Crippen LogP contribution in [0.1, 0.15) is 26.3 Å². The van der Waals surface area contributed by atoms with Crippen LogP contribution in [0.3, 0.4) is 0 Å². The molecule has 0 aliphatic carbocycles. The second-order valence-electron chi connectivity index (χ2n) is 5.84. The van der Waals surface area contributed by atoms with E-state index in [4.69, 9.17) is 4.74 Å². The summed E-state index contributed by atoms with van der Waals surface area (Å²) in [6, 6.07) is 3.46. The molecule has 1 rings (SSSR count). The molecule has 0 radical (unpaired) electrons. The van der Waals surface area contributed by atoms with Crippen molar-refractivity contribution in [3.8, 4) is 0 Å². The molecule has 0 heterocycles. The van der Waals surface area contributed by atoms with Gasteiger partial charge in [-0.05, 0) is 45.0 Å². The first kappa shape index (κ1) is 18.8. The number of esters is 1. The van der Waals surface area contributed by atoms with E-state index in [1.54, 1.807) is 20.8 Å². The zero-order valence-electron chi connectivity index (χ0n) is 13.1. The van der Waals surface area contributed by atoms with Crippen molar-refractivity contribution >= 4 is 17.7 Å². The molecule has 1 aromatic rings. The molecule has 0 atom stereocenters. The number of ether oxygens (including phenoxy) is 1. The lowest BCUT2D eigenvalue weighted by atomic mass is 9.97. The number of alkyl halides is 3. The SMILES string of the molecule is CC(C)(C)C(=O)OCCNC(=O)Nc1ccc(C(F)(F)F)cc1. The van der Waals surface area contributed by atoms with Crippen molar-refractivity contribution in [3.63, 3.8) is 0 Å². The summed E-state index contributed by atoms with van der Waals surface area (Å²) in [7, 11) is 0. The first-order valence-corrected chi connectivity index (χ1v) is 6.89. The topological polar surface area (TPSA) is 67.4 Å². The molecule has 8 heteroatoms. The maximum atomic E-state index is 12.4. The van der Waals surface area contributed by atoms with Crippen molar-refractivity contribution < 1.29 is 27.5 Å². The Kier molecular flexibility index (Phi) is 6.00. The van der Waals surface area contributed by atoms with Crippen LogP contribution in [-0.2, 0) is 15.7 Å². The molecule has 0 fully saturated rings. The molecule has 0 saturated heterocycles. The summed E-state index contributed by atoms with van der Waals surface area (Å²) in [5, 5.41) is 4.81. The Morgan fingerprint density at radius 3 is 2.13 bits per heavy atom. The van der Waals surface area contributed by atoms with E-state index in [2.05, 4.69) is 10.6 Å². The summed E-state index contributed by atoms with van der Waals surface area (Å²) in [5.74, 6) is -0.387. The lowest BCUT2D eigenvalue weighted by Gasteiger charge is -2.16. The number of halogens is 3. The standard InChI is InChI=1S/C15H19F3N2O3/c1-14(2,3)12(21)23-9-8-19-13(22)20-11-6-4-10(5-7-11)15(16,17)18/h4-7H,8-9H2,1-3H3,(H2,19,20,22). The predicted octanol–water partition coefficient (Wildman–Crippen LogP) is 3.42. The summed E-state index contributed by atoms with van der Waals surface area (Å²) in [6.07, 6.45) is -4.42. The minimum atomic E-state index is -4.42. The largest absolute Gasteiger partial charge is 0.463 e. The first-order valence-electron chi connectivity index (χ1n) is 6.89. The highest BCUT2D eigenvalue weighted by Gasteiger charge is 2.30. The number of urea groups is 1. The van der Waals surface area contributed by atoms with E-state index >= 15 is 0 Å². The number of hydrogen-bond acceptors (Lipinski definition) is 3. The smallest absolute Gasteiger partial charge is 0.416 e. The van der Waals surface area contributed by atoms with Crippen LogP contribution in [0.2, 0.25) is 0 Å². The number of hydrogen-bond donors (Lipinski definition) is 2. The summed E-state index contributed by atoms with van der Waals surface area (Å²) in [5.41, 5.74) is -1.19. The second-order valence-corrected chi connectivity index (χ2v) is 5.84. The Hall–Kier alpha value is -2.25. The summed E-state index contributed by atoms with van der Waals surface area (Å²) < 4.78 is 42.1. The Labute approximate surface area is 132 Å². The Morgan fingerprint density at radius 2 is 1.65 bits per heavy atom. The number of carbonyl (C=O) groups is 2. The van der Waals surface area contributed by atoms with Crippen molar-refractivity contribution in [1.29, 1.82) is 0 Å². The van der Waals surface area contributed by atoms with Crippen molar-refractivity contribution in [1.82, 2.24) is 5.32 Å². The van der Waals surface area contributed by atoms with Gasteiger partial charge in [0.25, 0.3) is 0 Å².